The second kappa shape index (κ2) is 8.02. The summed E-state index contributed by atoms with van der Waals surface area (Å²) in [7, 11) is -0.856. The second-order valence-electron chi connectivity index (χ2n) is 6.53. The third kappa shape index (κ3) is 4.61. The number of sulfonamides is 1. The Kier molecular flexibility index (Phi) is 6.18. The van der Waals surface area contributed by atoms with E-state index >= 15 is 0 Å². The minimum Gasteiger partial charge on any atom is -0.451 e. The van der Waals surface area contributed by atoms with Crippen molar-refractivity contribution in [2.24, 2.45) is 0 Å². The topological polar surface area (TPSA) is 80.8 Å². The molecular weight excluding hydrogens is 366 g/mol. The third-order valence-electron chi connectivity index (χ3n) is 4.29. The zero-order valence-corrected chi connectivity index (χ0v) is 16.8. The van der Waals surface area contributed by atoms with Gasteiger partial charge in [0, 0.05) is 19.7 Å². The molecule has 0 N–H and O–H groups in total. The standard InChI is InChI=1S/C20H23NO5S/c1-13-9-10-16(11-14(13)2)19(22)15(3)26-20(23)17-7-6-8-18(12-17)27(24,25)21(4)5/h6-12,15H,1-5H3/t15-/m1/s1. The van der Waals surface area contributed by atoms with Crippen LogP contribution in [0.2, 0.25) is 0 Å². The predicted molar refractivity (Wildman–Crippen MR) is 102 cm³/mol. The van der Waals surface area contributed by atoms with Gasteiger partial charge < -0.3 is 4.74 Å². The summed E-state index contributed by atoms with van der Waals surface area (Å²) < 4.78 is 30.7. The minimum absolute atomic E-state index is 0.0184. The van der Waals surface area contributed by atoms with E-state index in [1.54, 1.807) is 12.1 Å². The molecule has 0 spiro atoms. The van der Waals surface area contributed by atoms with E-state index in [2.05, 4.69) is 0 Å². The highest BCUT2D eigenvalue weighted by Crippen LogP contribution is 2.17. The first-order chi connectivity index (χ1) is 12.5. The van der Waals surface area contributed by atoms with Gasteiger partial charge in [0.2, 0.25) is 15.8 Å². The highest BCUT2D eigenvalue weighted by Gasteiger charge is 2.23. The monoisotopic (exact) mass is 389 g/mol. The van der Waals surface area contributed by atoms with Crippen LogP contribution in [0, 0.1) is 13.8 Å². The molecule has 2 aromatic carbocycles. The van der Waals surface area contributed by atoms with Gasteiger partial charge in [0.05, 0.1) is 10.5 Å². The van der Waals surface area contributed by atoms with Crippen LogP contribution in [0.1, 0.15) is 38.8 Å². The summed E-state index contributed by atoms with van der Waals surface area (Å²) in [5.74, 6) is -1.07. The van der Waals surface area contributed by atoms with Crippen molar-refractivity contribution < 1.29 is 22.7 Å². The predicted octanol–water partition coefficient (Wildman–Crippen LogP) is 2.98. The van der Waals surface area contributed by atoms with Crippen molar-refractivity contribution >= 4 is 21.8 Å². The maximum Gasteiger partial charge on any atom is 0.338 e. The molecule has 144 valence electrons. The van der Waals surface area contributed by atoms with E-state index in [1.807, 2.05) is 19.9 Å². The van der Waals surface area contributed by atoms with E-state index in [4.69, 9.17) is 4.74 Å². The van der Waals surface area contributed by atoms with Crippen LogP contribution in [-0.4, -0.2) is 44.7 Å². The van der Waals surface area contributed by atoms with Gasteiger partial charge >= 0.3 is 5.97 Å². The first kappa shape index (κ1) is 20.8. The zero-order chi connectivity index (χ0) is 20.4. The molecule has 0 aliphatic heterocycles. The SMILES string of the molecule is Cc1ccc(C(=O)[C@@H](C)OC(=O)c2cccc(S(=O)(=O)N(C)C)c2)cc1C. The molecule has 0 radical (unpaired) electrons. The average molecular weight is 389 g/mol. The Labute approximate surface area is 159 Å². The highest BCUT2D eigenvalue weighted by atomic mass is 32.2. The smallest absolute Gasteiger partial charge is 0.338 e. The van der Waals surface area contributed by atoms with Crippen LogP contribution in [0.4, 0.5) is 0 Å². The van der Waals surface area contributed by atoms with Gasteiger partial charge in [-0.3, -0.25) is 4.79 Å². The van der Waals surface area contributed by atoms with Gasteiger partial charge in [-0.15, -0.1) is 0 Å². The Balaban J connectivity index is 2.19. The molecule has 0 aliphatic rings. The summed E-state index contributed by atoms with van der Waals surface area (Å²) in [6.07, 6.45) is -0.992. The largest absolute Gasteiger partial charge is 0.451 e. The van der Waals surface area contributed by atoms with Gasteiger partial charge in [-0.2, -0.15) is 0 Å². The van der Waals surface area contributed by atoms with Gasteiger partial charge in [0.15, 0.2) is 6.10 Å². The van der Waals surface area contributed by atoms with Crippen molar-refractivity contribution in [3.8, 4) is 0 Å². The van der Waals surface area contributed by atoms with Crippen molar-refractivity contribution in [1.82, 2.24) is 4.31 Å². The number of carbonyl (C=O) groups excluding carboxylic acids is 2. The lowest BCUT2D eigenvalue weighted by atomic mass is 10.0. The maximum absolute atomic E-state index is 12.5. The van der Waals surface area contributed by atoms with Crippen molar-refractivity contribution in [2.45, 2.75) is 31.8 Å². The fourth-order valence-corrected chi connectivity index (χ4v) is 3.35. The number of rotatable bonds is 6. The molecule has 0 saturated carbocycles. The summed E-state index contributed by atoms with van der Waals surface area (Å²) in [4.78, 5) is 24.9. The second-order valence-corrected chi connectivity index (χ2v) is 8.68. The van der Waals surface area contributed by atoms with Gasteiger partial charge in [-0.25, -0.2) is 17.5 Å². The lowest BCUT2D eigenvalue weighted by Gasteiger charge is -2.15. The molecule has 7 heteroatoms. The number of ketones is 1. The zero-order valence-electron chi connectivity index (χ0n) is 16.0. The van der Waals surface area contributed by atoms with Crippen LogP contribution in [0.15, 0.2) is 47.4 Å². The number of carbonyl (C=O) groups is 2. The number of nitrogens with zero attached hydrogens (tertiary/aromatic N) is 1. The Morgan fingerprint density at radius 3 is 2.22 bits per heavy atom. The Hall–Kier alpha value is -2.51. The van der Waals surface area contributed by atoms with Gasteiger partial charge in [0.25, 0.3) is 0 Å². The molecule has 0 aliphatic carbocycles. The van der Waals surface area contributed by atoms with E-state index in [9.17, 15) is 18.0 Å². The quantitative estimate of drug-likeness (QED) is 0.560. The molecule has 0 aromatic heterocycles. The van der Waals surface area contributed by atoms with Crippen LogP contribution in [-0.2, 0) is 14.8 Å². The number of Topliss-reactive ketones (excluding diaryl/α,β-unsaturated/α-hetero) is 1. The van der Waals surface area contributed by atoms with Crippen molar-refractivity contribution in [3.05, 3.63) is 64.7 Å². The molecule has 27 heavy (non-hydrogen) atoms. The van der Waals surface area contributed by atoms with E-state index in [0.29, 0.717) is 5.56 Å². The number of benzene rings is 2. The molecule has 0 unspecified atom stereocenters. The lowest BCUT2D eigenvalue weighted by Crippen LogP contribution is -2.25. The molecule has 6 nitrogen and oxygen atoms in total. The molecule has 1 atom stereocenters. The number of aryl methyl sites for hydroxylation is 2. The fourth-order valence-electron chi connectivity index (χ4n) is 2.41. The fraction of sp³-hybridized carbons (Fsp3) is 0.300. The van der Waals surface area contributed by atoms with E-state index in [0.717, 1.165) is 15.4 Å². The normalized spacial score (nSPS) is 12.7. The summed E-state index contributed by atoms with van der Waals surface area (Å²) in [6.45, 7) is 5.34. The Morgan fingerprint density at radius 2 is 1.63 bits per heavy atom. The van der Waals surface area contributed by atoms with Crippen LogP contribution in [0.25, 0.3) is 0 Å². The highest BCUT2D eigenvalue weighted by molar-refractivity contribution is 7.89. The Bertz CT molecular complexity index is 980. The number of ether oxygens (including phenoxy) is 1. The van der Waals surface area contributed by atoms with Crippen LogP contribution in [0.3, 0.4) is 0 Å². The lowest BCUT2D eigenvalue weighted by molar-refractivity contribution is 0.0318. The number of esters is 1. The molecular formula is C20H23NO5S. The first-order valence-corrected chi connectivity index (χ1v) is 9.83. The molecule has 0 amide bonds. The van der Waals surface area contributed by atoms with Crippen molar-refractivity contribution in [2.75, 3.05) is 14.1 Å². The van der Waals surface area contributed by atoms with Gasteiger partial charge in [0.1, 0.15) is 0 Å². The van der Waals surface area contributed by atoms with Gasteiger partial charge in [-0.1, -0.05) is 18.2 Å². The van der Waals surface area contributed by atoms with E-state index in [1.165, 1.54) is 45.3 Å². The van der Waals surface area contributed by atoms with E-state index in [-0.39, 0.29) is 16.2 Å². The summed E-state index contributed by atoms with van der Waals surface area (Å²) in [5, 5.41) is 0. The van der Waals surface area contributed by atoms with Crippen LogP contribution < -0.4 is 0 Å². The minimum atomic E-state index is -3.67. The first-order valence-electron chi connectivity index (χ1n) is 8.39. The van der Waals surface area contributed by atoms with Crippen molar-refractivity contribution in [1.29, 1.82) is 0 Å². The molecule has 0 saturated heterocycles. The summed E-state index contributed by atoms with van der Waals surface area (Å²) in [5.41, 5.74) is 2.57. The van der Waals surface area contributed by atoms with E-state index < -0.39 is 22.1 Å². The number of hydrogen-bond acceptors (Lipinski definition) is 5. The third-order valence-corrected chi connectivity index (χ3v) is 6.10. The van der Waals surface area contributed by atoms with Crippen molar-refractivity contribution in [3.63, 3.8) is 0 Å². The van der Waals surface area contributed by atoms with Crippen LogP contribution in [0.5, 0.6) is 0 Å². The summed E-state index contributed by atoms with van der Waals surface area (Å²) >= 11 is 0. The average Bonchev–Trinajstić information content (AvgIpc) is 2.63. The van der Waals surface area contributed by atoms with Gasteiger partial charge in [-0.05, 0) is 56.2 Å². The Morgan fingerprint density at radius 1 is 0.963 bits per heavy atom. The molecule has 0 heterocycles. The number of hydrogen-bond donors (Lipinski definition) is 0. The van der Waals surface area contributed by atoms with Crippen LogP contribution >= 0.6 is 0 Å². The molecule has 2 aromatic rings. The molecule has 0 bridgehead atoms. The molecule has 2 rings (SSSR count). The maximum atomic E-state index is 12.5. The summed E-state index contributed by atoms with van der Waals surface area (Å²) in [6, 6.07) is 10.8. The molecule has 0 fully saturated rings.